The van der Waals surface area contributed by atoms with Gasteiger partial charge in [0.2, 0.25) is 0 Å². The van der Waals surface area contributed by atoms with Crippen molar-refractivity contribution in [1.82, 2.24) is 15.3 Å². The zero-order valence-electron chi connectivity index (χ0n) is 10.1. The van der Waals surface area contributed by atoms with Crippen LogP contribution in [0.1, 0.15) is 61.3 Å². The third kappa shape index (κ3) is 1.73. The van der Waals surface area contributed by atoms with E-state index in [9.17, 15) is 0 Å². The van der Waals surface area contributed by atoms with E-state index in [-0.39, 0.29) is 0 Å². The lowest BCUT2D eigenvalue weighted by atomic mass is 10.0. The molecule has 1 aliphatic heterocycles. The Hall–Kier alpha value is -0.960. The molecule has 1 aromatic rings. The predicted octanol–water partition coefficient (Wildman–Crippen LogP) is 2.12. The fourth-order valence-electron chi connectivity index (χ4n) is 2.34. The van der Waals surface area contributed by atoms with Crippen LogP contribution in [0.25, 0.3) is 0 Å². The summed E-state index contributed by atoms with van der Waals surface area (Å²) in [5, 5.41) is 3.43. The maximum Gasteiger partial charge on any atom is 0.131 e. The van der Waals surface area contributed by atoms with Crippen molar-refractivity contribution < 1.29 is 0 Å². The lowest BCUT2D eigenvalue weighted by Crippen LogP contribution is -2.27. The fraction of sp³-hybridized carbons (Fsp3) is 0.692. The molecule has 1 aliphatic carbocycles. The predicted molar refractivity (Wildman–Crippen MR) is 63.5 cm³/mol. The summed E-state index contributed by atoms with van der Waals surface area (Å²) >= 11 is 0. The molecule has 1 aromatic heterocycles. The molecular weight excluding hydrogens is 198 g/mol. The van der Waals surface area contributed by atoms with Gasteiger partial charge in [-0.05, 0) is 12.8 Å². The molecule has 0 radical (unpaired) electrons. The molecule has 1 N–H and O–H groups in total. The van der Waals surface area contributed by atoms with Crippen LogP contribution >= 0.6 is 0 Å². The van der Waals surface area contributed by atoms with E-state index in [1.54, 1.807) is 0 Å². The van der Waals surface area contributed by atoms with Crippen molar-refractivity contribution in [2.45, 2.75) is 51.5 Å². The SMILES string of the molecule is CC(C)c1nc2c(c(C3CC3)n1)CNCC2. The highest BCUT2D eigenvalue weighted by Gasteiger charge is 2.30. The molecule has 0 saturated heterocycles. The second kappa shape index (κ2) is 3.81. The normalized spacial score (nSPS) is 19.9. The standard InChI is InChI=1S/C13H19N3/c1-8(2)13-15-11-5-6-14-7-10(11)12(16-13)9-3-4-9/h8-9,14H,3-7H2,1-2H3. The quantitative estimate of drug-likeness (QED) is 0.824. The third-order valence-electron chi connectivity index (χ3n) is 3.46. The van der Waals surface area contributed by atoms with E-state index in [2.05, 4.69) is 19.2 Å². The maximum absolute atomic E-state index is 4.80. The van der Waals surface area contributed by atoms with Crippen molar-refractivity contribution in [3.8, 4) is 0 Å². The molecule has 86 valence electrons. The number of nitrogens with one attached hydrogen (secondary N) is 1. The Morgan fingerprint density at radius 2 is 2.06 bits per heavy atom. The molecule has 16 heavy (non-hydrogen) atoms. The summed E-state index contributed by atoms with van der Waals surface area (Å²) in [4.78, 5) is 9.53. The van der Waals surface area contributed by atoms with Gasteiger partial charge in [0.15, 0.2) is 0 Å². The van der Waals surface area contributed by atoms with Gasteiger partial charge in [-0.1, -0.05) is 13.8 Å². The number of fused-ring (bicyclic) bond motifs is 1. The van der Waals surface area contributed by atoms with Crippen LogP contribution in [0.4, 0.5) is 0 Å². The average Bonchev–Trinajstić information content (AvgIpc) is 3.11. The largest absolute Gasteiger partial charge is 0.312 e. The van der Waals surface area contributed by atoms with E-state index < -0.39 is 0 Å². The number of hydrogen-bond donors (Lipinski definition) is 1. The van der Waals surface area contributed by atoms with Gasteiger partial charge in [0.05, 0.1) is 11.4 Å². The molecule has 1 fully saturated rings. The Morgan fingerprint density at radius 1 is 1.25 bits per heavy atom. The van der Waals surface area contributed by atoms with Crippen LogP contribution in [0, 0.1) is 0 Å². The molecule has 2 aliphatic rings. The van der Waals surface area contributed by atoms with Gasteiger partial charge >= 0.3 is 0 Å². The van der Waals surface area contributed by atoms with Gasteiger partial charge in [0.25, 0.3) is 0 Å². The molecule has 3 heteroatoms. The van der Waals surface area contributed by atoms with Crippen molar-refractivity contribution >= 4 is 0 Å². The molecule has 3 nitrogen and oxygen atoms in total. The molecule has 0 unspecified atom stereocenters. The molecule has 3 rings (SSSR count). The molecule has 0 aromatic carbocycles. The molecular formula is C13H19N3. The Balaban J connectivity index is 2.09. The first-order valence-corrected chi connectivity index (χ1v) is 6.36. The van der Waals surface area contributed by atoms with Crippen molar-refractivity contribution in [2.24, 2.45) is 0 Å². The average molecular weight is 217 g/mol. The lowest BCUT2D eigenvalue weighted by Gasteiger charge is -2.20. The van der Waals surface area contributed by atoms with Crippen LogP contribution in [-0.4, -0.2) is 16.5 Å². The molecule has 0 bridgehead atoms. The van der Waals surface area contributed by atoms with Gasteiger partial charge in [-0.25, -0.2) is 9.97 Å². The third-order valence-corrected chi connectivity index (χ3v) is 3.46. The molecule has 0 amide bonds. The van der Waals surface area contributed by atoms with Crippen LogP contribution in [-0.2, 0) is 13.0 Å². The Morgan fingerprint density at radius 3 is 2.75 bits per heavy atom. The zero-order valence-corrected chi connectivity index (χ0v) is 10.1. The van der Waals surface area contributed by atoms with Crippen LogP contribution in [0.2, 0.25) is 0 Å². The summed E-state index contributed by atoms with van der Waals surface area (Å²) < 4.78 is 0. The summed E-state index contributed by atoms with van der Waals surface area (Å²) in [7, 11) is 0. The van der Waals surface area contributed by atoms with Gasteiger partial charge in [-0.15, -0.1) is 0 Å². The number of hydrogen-bond acceptors (Lipinski definition) is 3. The van der Waals surface area contributed by atoms with E-state index in [1.165, 1.54) is 29.8 Å². The van der Waals surface area contributed by atoms with E-state index in [0.29, 0.717) is 5.92 Å². The highest BCUT2D eigenvalue weighted by molar-refractivity contribution is 5.33. The highest BCUT2D eigenvalue weighted by atomic mass is 15.0. The van der Waals surface area contributed by atoms with Crippen molar-refractivity contribution in [1.29, 1.82) is 0 Å². The second-order valence-electron chi connectivity index (χ2n) is 5.25. The minimum absolute atomic E-state index is 0.442. The number of rotatable bonds is 2. The number of nitrogens with zero attached hydrogens (tertiary/aromatic N) is 2. The minimum Gasteiger partial charge on any atom is -0.312 e. The zero-order chi connectivity index (χ0) is 11.1. The van der Waals surface area contributed by atoms with E-state index in [4.69, 9.17) is 9.97 Å². The van der Waals surface area contributed by atoms with Gasteiger partial charge in [-0.2, -0.15) is 0 Å². The Bertz CT molecular complexity index is 408. The molecule has 0 spiro atoms. The number of aromatic nitrogens is 2. The van der Waals surface area contributed by atoms with Crippen LogP contribution in [0.3, 0.4) is 0 Å². The molecule has 2 heterocycles. The summed E-state index contributed by atoms with van der Waals surface area (Å²) in [6.45, 7) is 6.39. The summed E-state index contributed by atoms with van der Waals surface area (Å²) in [5.74, 6) is 2.22. The second-order valence-corrected chi connectivity index (χ2v) is 5.25. The van der Waals surface area contributed by atoms with Crippen LogP contribution in [0.5, 0.6) is 0 Å². The Labute approximate surface area is 96.7 Å². The first-order chi connectivity index (χ1) is 7.75. The fourth-order valence-corrected chi connectivity index (χ4v) is 2.34. The van der Waals surface area contributed by atoms with E-state index in [1.807, 2.05) is 0 Å². The topological polar surface area (TPSA) is 37.8 Å². The van der Waals surface area contributed by atoms with Gasteiger partial charge in [-0.3, -0.25) is 0 Å². The van der Waals surface area contributed by atoms with Crippen LogP contribution in [0.15, 0.2) is 0 Å². The first kappa shape index (κ1) is 10.2. The highest BCUT2D eigenvalue weighted by Crippen LogP contribution is 2.41. The lowest BCUT2D eigenvalue weighted by molar-refractivity contribution is 0.602. The van der Waals surface area contributed by atoms with Crippen molar-refractivity contribution in [3.05, 3.63) is 22.8 Å². The first-order valence-electron chi connectivity index (χ1n) is 6.36. The van der Waals surface area contributed by atoms with Crippen molar-refractivity contribution in [3.63, 3.8) is 0 Å². The monoisotopic (exact) mass is 217 g/mol. The smallest absolute Gasteiger partial charge is 0.131 e. The molecule has 0 atom stereocenters. The van der Waals surface area contributed by atoms with Gasteiger partial charge in [0.1, 0.15) is 5.82 Å². The molecule has 1 saturated carbocycles. The van der Waals surface area contributed by atoms with Crippen LogP contribution < -0.4 is 5.32 Å². The van der Waals surface area contributed by atoms with E-state index in [0.717, 1.165) is 31.3 Å². The summed E-state index contributed by atoms with van der Waals surface area (Å²) in [5.41, 5.74) is 4.05. The summed E-state index contributed by atoms with van der Waals surface area (Å²) in [6.07, 6.45) is 3.71. The minimum atomic E-state index is 0.442. The maximum atomic E-state index is 4.80. The van der Waals surface area contributed by atoms with Gasteiger partial charge < -0.3 is 5.32 Å². The van der Waals surface area contributed by atoms with E-state index >= 15 is 0 Å². The van der Waals surface area contributed by atoms with Crippen molar-refractivity contribution in [2.75, 3.05) is 6.54 Å². The van der Waals surface area contributed by atoms with Gasteiger partial charge in [0, 0.05) is 36.9 Å². The Kier molecular flexibility index (Phi) is 2.43. The summed E-state index contributed by atoms with van der Waals surface area (Å²) in [6, 6.07) is 0.